The summed E-state index contributed by atoms with van der Waals surface area (Å²) in [6.45, 7) is 11.3. The number of nitrogens with one attached hydrogen (secondary N) is 1. The third-order valence-electron chi connectivity index (χ3n) is 3.06. The molecule has 0 aromatic heterocycles. The van der Waals surface area contributed by atoms with Crippen LogP contribution < -0.4 is 5.32 Å². The molecule has 0 radical (unpaired) electrons. The monoisotopic (exact) mass is 311 g/mol. The van der Waals surface area contributed by atoms with E-state index < -0.39 is 0 Å². The molecule has 0 heterocycles. The van der Waals surface area contributed by atoms with Crippen LogP contribution in [0.3, 0.4) is 0 Å². The summed E-state index contributed by atoms with van der Waals surface area (Å²) in [6.07, 6.45) is 2.44. The van der Waals surface area contributed by atoms with Crippen LogP contribution in [0.2, 0.25) is 0 Å². The van der Waals surface area contributed by atoms with E-state index >= 15 is 0 Å². The Kier molecular flexibility index (Phi) is 6.20. The molecule has 0 unspecified atom stereocenters. The van der Waals surface area contributed by atoms with Crippen molar-refractivity contribution in [2.24, 2.45) is 11.8 Å². The number of anilines is 1. The van der Waals surface area contributed by atoms with Crippen LogP contribution in [0.5, 0.6) is 0 Å². The number of halogens is 1. The number of benzene rings is 1. The maximum atomic E-state index is 3.70. The highest BCUT2D eigenvalue weighted by atomic mass is 79.9. The molecule has 0 bridgehead atoms. The molecular weight excluding hydrogens is 286 g/mol. The van der Waals surface area contributed by atoms with Crippen LogP contribution in [0.4, 0.5) is 5.69 Å². The van der Waals surface area contributed by atoms with Crippen LogP contribution in [-0.2, 0) is 0 Å². The largest absolute Gasteiger partial charge is 0.381 e. The molecule has 0 saturated carbocycles. The van der Waals surface area contributed by atoms with Crippen molar-refractivity contribution < 1.29 is 0 Å². The van der Waals surface area contributed by atoms with Crippen LogP contribution in [0, 0.1) is 18.8 Å². The van der Waals surface area contributed by atoms with Crippen molar-refractivity contribution in [1.82, 2.24) is 0 Å². The SMILES string of the molecule is Cc1cccc(NC(CC(C)C)CC(C)C)c1Br. The lowest BCUT2D eigenvalue weighted by atomic mass is 9.95. The lowest BCUT2D eigenvalue weighted by Gasteiger charge is -2.24. The molecule has 2 heteroatoms. The summed E-state index contributed by atoms with van der Waals surface area (Å²) < 4.78 is 1.20. The molecule has 0 aliphatic carbocycles. The van der Waals surface area contributed by atoms with Crippen LogP contribution >= 0.6 is 15.9 Å². The van der Waals surface area contributed by atoms with E-state index in [1.807, 2.05) is 0 Å². The second-order valence-electron chi connectivity index (χ2n) is 6.04. The van der Waals surface area contributed by atoms with Gasteiger partial charge in [-0.3, -0.25) is 0 Å². The fourth-order valence-electron chi connectivity index (χ4n) is 2.33. The zero-order valence-corrected chi connectivity index (χ0v) is 13.8. The smallest absolute Gasteiger partial charge is 0.0489 e. The molecule has 0 aliphatic heterocycles. The van der Waals surface area contributed by atoms with Crippen molar-refractivity contribution >= 4 is 21.6 Å². The average molecular weight is 312 g/mol. The molecule has 1 aromatic rings. The van der Waals surface area contributed by atoms with E-state index in [9.17, 15) is 0 Å². The molecule has 0 spiro atoms. The van der Waals surface area contributed by atoms with Gasteiger partial charge in [0, 0.05) is 16.2 Å². The van der Waals surface area contributed by atoms with Crippen molar-refractivity contribution in [1.29, 1.82) is 0 Å². The van der Waals surface area contributed by atoms with Gasteiger partial charge in [-0.25, -0.2) is 0 Å². The molecule has 0 amide bonds. The number of hydrogen-bond donors (Lipinski definition) is 1. The van der Waals surface area contributed by atoms with E-state index in [2.05, 4.69) is 74.1 Å². The van der Waals surface area contributed by atoms with E-state index in [1.165, 1.54) is 28.6 Å². The molecule has 0 aliphatic rings. The minimum Gasteiger partial charge on any atom is -0.381 e. The topological polar surface area (TPSA) is 12.0 Å². The van der Waals surface area contributed by atoms with Crippen molar-refractivity contribution in [2.75, 3.05) is 5.32 Å². The molecule has 1 rings (SSSR count). The summed E-state index contributed by atoms with van der Waals surface area (Å²) in [5.41, 5.74) is 2.51. The zero-order chi connectivity index (χ0) is 13.7. The maximum absolute atomic E-state index is 3.70. The summed E-state index contributed by atoms with van der Waals surface area (Å²) in [5.74, 6) is 1.45. The van der Waals surface area contributed by atoms with Gasteiger partial charge >= 0.3 is 0 Å². The van der Waals surface area contributed by atoms with Gasteiger partial charge in [0.2, 0.25) is 0 Å². The van der Waals surface area contributed by atoms with E-state index in [0.29, 0.717) is 6.04 Å². The summed E-state index contributed by atoms with van der Waals surface area (Å²) in [5, 5.41) is 3.70. The molecule has 102 valence electrons. The van der Waals surface area contributed by atoms with Gasteiger partial charge < -0.3 is 5.32 Å². The highest BCUT2D eigenvalue weighted by Crippen LogP contribution is 2.28. The Balaban J connectivity index is 2.78. The first kappa shape index (κ1) is 15.6. The van der Waals surface area contributed by atoms with Gasteiger partial charge in [0.1, 0.15) is 0 Å². The third kappa shape index (κ3) is 5.01. The van der Waals surface area contributed by atoms with Gasteiger partial charge in [0.25, 0.3) is 0 Å². The second-order valence-corrected chi connectivity index (χ2v) is 6.83. The molecule has 0 atom stereocenters. The fraction of sp³-hybridized carbons (Fsp3) is 0.625. The van der Waals surface area contributed by atoms with E-state index in [1.54, 1.807) is 0 Å². The van der Waals surface area contributed by atoms with Crippen LogP contribution in [-0.4, -0.2) is 6.04 Å². The lowest BCUT2D eigenvalue weighted by Crippen LogP contribution is -2.23. The summed E-state index contributed by atoms with van der Waals surface area (Å²) >= 11 is 3.68. The van der Waals surface area contributed by atoms with Gasteiger partial charge in [-0.1, -0.05) is 39.8 Å². The Morgan fingerprint density at radius 3 is 2.11 bits per heavy atom. The van der Waals surface area contributed by atoms with E-state index in [-0.39, 0.29) is 0 Å². The predicted octanol–water partition coefficient (Wildman–Crippen LogP) is 5.63. The molecule has 0 saturated heterocycles. The first-order valence-corrected chi connectivity index (χ1v) is 7.71. The van der Waals surface area contributed by atoms with Crippen molar-refractivity contribution in [3.05, 3.63) is 28.2 Å². The van der Waals surface area contributed by atoms with Crippen LogP contribution in [0.25, 0.3) is 0 Å². The zero-order valence-electron chi connectivity index (χ0n) is 12.3. The predicted molar refractivity (Wildman–Crippen MR) is 85.2 cm³/mol. The Labute approximate surface area is 120 Å². The fourth-order valence-corrected chi connectivity index (χ4v) is 2.71. The quantitative estimate of drug-likeness (QED) is 0.718. The van der Waals surface area contributed by atoms with Gasteiger partial charge in [0.05, 0.1) is 0 Å². The van der Waals surface area contributed by atoms with Gasteiger partial charge in [-0.15, -0.1) is 0 Å². The Hall–Kier alpha value is -0.500. The summed E-state index contributed by atoms with van der Waals surface area (Å²) in [4.78, 5) is 0. The van der Waals surface area contributed by atoms with Crippen LogP contribution in [0.15, 0.2) is 22.7 Å². The van der Waals surface area contributed by atoms with E-state index in [0.717, 1.165) is 11.8 Å². The molecule has 1 N–H and O–H groups in total. The van der Waals surface area contributed by atoms with Crippen molar-refractivity contribution in [3.63, 3.8) is 0 Å². The van der Waals surface area contributed by atoms with Gasteiger partial charge in [-0.05, 0) is 59.2 Å². The molecule has 0 fully saturated rings. The number of rotatable bonds is 6. The Bertz CT molecular complexity index is 361. The minimum absolute atomic E-state index is 0.558. The van der Waals surface area contributed by atoms with E-state index in [4.69, 9.17) is 0 Å². The third-order valence-corrected chi connectivity index (χ3v) is 4.12. The summed E-state index contributed by atoms with van der Waals surface area (Å²) in [6, 6.07) is 6.97. The highest BCUT2D eigenvalue weighted by molar-refractivity contribution is 9.10. The highest BCUT2D eigenvalue weighted by Gasteiger charge is 2.14. The Morgan fingerprint density at radius 2 is 1.61 bits per heavy atom. The second kappa shape index (κ2) is 7.18. The maximum Gasteiger partial charge on any atom is 0.0489 e. The standard InChI is InChI=1S/C16H26BrN/c1-11(2)9-14(10-12(3)4)18-15-8-6-7-13(5)16(15)17/h6-8,11-12,14,18H,9-10H2,1-5H3. The summed E-state index contributed by atoms with van der Waals surface area (Å²) in [7, 11) is 0. The Morgan fingerprint density at radius 1 is 1.06 bits per heavy atom. The number of aryl methyl sites for hydroxylation is 1. The molecular formula is C16H26BrN. The number of hydrogen-bond acceptors (Lipinski definition) is 1. The van der Waals surface area contributed by atoms with Crippen molar-refractivity contribution in [3.8, 4) is 0 Å². The molecule has 1 nitrogen and oxygen atoms in total. The van der Waals surface area contributed by atoms with Crippen LogP contribution in [0.1, 0.15) is 46.1 Å². The first-order valence-electron chi connectivity index (χ1n) is 6.91. The average Bonchev–Trinajstić information content (AvgIpc) is 2.23. The lowest BCUT2D eigenvalue weighted by molar-refractivity contribution is 0.442. The molecule has 1 aromatic carbocycles. The van der Waals surface area contributed by atoms with Crippen molar-refractivity contribution in [2.45, 2.75) is 53.5 Å². The normalized spacial score (nSPS) is 11.6. The van der Waals surface area contributed by atoms with Gasteiger partial charge in [0.15, 0.2) is 0 Å². The van der Waals surface area contributed by atoms with Gasteiger partial charge in [-0.2, -0.15) is 0 Å². The molecule has 18 heavy (non-hydrogen) atoms. The minimum atomic E-state index is 0.558. The first-order chi connectivity index (χ1) is 8.40.